The molecule has 0 N–H and O–H groups in total. The molecular formula is C132H87BrO. The lowest BCUT2D eigenvalue weighted by Crippen LogP contribution is -2.26. The van der Waals surface area contributed by atoms with E-state index in [9.17, 15) is 0 Å². The molecule has 1 saturated heterocycles. The van der Waals surface area contributed by atoms with Gasteiger partial charge in [0.05, 0.1) is 10.8 Å². The average Bonchev–Trinajstić information content (AvgIpc) is 1.49. The second kappa shape index (κ2) is 32.3. The van der Waals surface area contributed by atoms with Gasteiger partial charge in [0, 0.05) is 17.7 Å². The highest BCUT2D eigenvalue weighted by molar-refractivity contribution is 9.10. The fourth-order valence-corrected chi connectivity index (χ4v) is 24.1. The maximum absolute atomic E-state index is 4.94. The Labute approximate surface area is 789 Å². The topological polar surface area (TPSA) is 9.23 Å². The monoisotopic (exact) mass is 1770 g/mol. The van der Waals surface area contributed by atoms with Gasteiger partial charge in [-0.2, -0.15) is 0 Å². The fourth-order valence-electron chi connectivity index (χ4n) is 23.7. The molecule has 1 heterocycles. The number of halogens is 1. The van der Waals surface area contributed by atoms with Crippen LogP contribution in [-0.4, -0.2) is 13.2 Å². The molecule has 0 radical (unpaired) electrons. The average molecular weight is 1770 g/mol. The summed E-state index contributed by atoms with van der Waals surface area (Å²) in [6, 6.07) is 179. The summed E-state index contributed by atoms with van der Waals surface area (Å²) in [4.78, 5) is 0. The first-order valence-electron chi connectivity index (χ1n) is 46.9. The zero-order valence-electron chi connectivity index (χ0n) is 73.7. The van der Waals surface area contributed by atoms with Crippen molar-refractivity contribution in [3.63, 3.8) is 0 Å². The van der Waals surface area contributed by atoms with Crippen LogP contribution in [0.1, 0.15) is 57.3 Å². The number of benzene rings is 23. The van der Waals surface area contributed by atoms with E-state index in [4.69, 9.17) is 4.74 Å². The molecule has 23 aromatic carbocycles. The lowest BCUT2D eigenvalue weighted by molar-refractivity contribution is 0.198. The molecule has 23 aromatic rings. The second-order valence-corrected chi connectivity index (χ2v) is 37.3. The van der Waals surface area contributed by atoms with Gasteiger partial charge in [0.1, 0.15) is 0 Å². The van der Waals surface area contributed by atoms with E-state index in [1.165, 1.54) is 267 Å². The molecular weight excluding hydrogens is 1680 g/mol. The van der Waals surface area contributed by atoms with E-state index in [2.05, 4.69) is 495 Å². The van der Waals surface area contributed by atoms with Crippen molar-refractivity contribution < 1.29 is 4.74 Å². The minimum absolute atomic E-state index is 0.498. The van der Waals surface area contributed by atoms with Gasteiger partial charge in [-0.05, 0) is 352 Å². The molecule has 5 aliphatic rings. The van der Waals surface area contributed by atoms with E-state index in [0.29, 0.717) is 0 Å². The summed E-state index contributed by atoms with van der Waals surface area (Å²) >= 11 is 3.93. The number of hydrogen-bond donors (Lipinski definition) is 0. The number of hydrogen-bond acceptors (Lipinski definition) is 1. The Morgan fingerprint density at radius 3 is 0.769 bits per heavy atom. The van der Waals surface area contributed by atoms with Gasteiger partial charge in [-0.15, -0.1) is 0 Å². The van der Waals surface area contributed by atoms with Gasteiger partial charge < -0.3 is 4.74 Å². The molecule has 1 fully saturated rings. The summed E-state index contributed by atoms with van der Waals surface area (Å²) in [6.45, 7) is 2.00. The van der Waals surface area contributed by atoms with Crippen LogP contribution in [0.25, 0.3) is 209 Å². The highest BCUT2D eigenvalue weighted by Crippen LogP contribution is 2.69. The molecule has 2 spiro atoms. The number of fused-ring (bicyclic) bond motifs is 34. The van der Waals surface area contributed by atoms with Crippen LogP contribution in [0.15, 0.2) is 484 Å². The SMILES string of the molecule is Brc1ccc2c(c1)C1(c3ccccc3-2)c2ccccc2-c2c1c1c3ccccc3c(-c3cc(-c4ccccc4)cc(-c4ccccc4)c3)cc1c1ccccc21.C1CCOC1.c1ccc(-c2cc(-c3ccccc3)cc(-c3ccc4c(c3)C3(c5ccccc5-4)c4ccccc4-c4c3c3c5ccccc5c(-c5cc(-c6ccccc6)cc(-c6ccccc6)c5)cc3c3ccccc43)c2)cc1. The summed E-state index contributed by atoms with van der Waals surface area (Å²) in [6.07, 6.45) is 2.56. The van der Waals surface area contributed by atoms with Crippen molar-refractivity contribution in [3.05, 3.63) is 528 Å². The quantitative estimate of drug-likeness (QED) is 0.131. The zero-order valence-corrected chi connectivity index (χ0v) is 75.3. The number of rotatable bonds is 9. The van der Waals surface area contributed by atoms with Crippen LogP contribution in [0.4, 0.5) is 0 Å². The molecule has 0 saturated carbocycles. The Morgan fingerprint density at radius 2 is 0.425 bits per heavy atom. The molecule has 2 heteroatoms. The van der Waals surface area contributed by atoms with Crippen LogP contribution in [0, 0.1) is 0 Å². The molecule has 628 valence electrons. The largest absolute Gasteiger partial charge is 0.381 e. The first-order chi connectivity index (χ1) is 66.4. The van der Waals surface area contributed by atoms with Crippen molar-refractivity contribution in [1.82, 2.24) is 0 Å². The molecule has 1 nitrogen and oxygen atoms in total. The van der Waals surface area contributed by atoms with E-state index >= 15 is 0 Å². The standard InChI is InChI=1S/C73H46.C55H33Br.C4H8O/c1-5-21-47(22-6-1)52-39-53(48-23-7-2-8-24-48)42-56(41-52)51-37-38-61-60-31-17-19-35-67(60)73(69(61)45-51)68-36-20-18-34-64(68)70-63-33-16-14-30-59(63)66-46-65(58-29-13-15-32-62(58)71(66)72(70)73)57-43-54(49-25-9-3-10-26-49)40-55(44-57)50-27-11-4-12-28-50;56-39-27-28-43-42-21-11-13-25-49(42)55(51(43)32-39)50-26-14-12-24-46(50)52-45-23-10-8-20-41(45)48-33-47(40-19-7-9-22-44(40)53(48)54(52)55)38-30-36(34-15-3-1-4-16-34)29-37(31-38)35-17-5-2-6-18-35;1-2-4-5-3-1/h1-46H;1-33H;1-4H2. The molecule has 0 aromatic heterocycles. The smallest absolute Gasteiger partial charge is 0.0732 e. The van der Waals surface area contributed by atoms with Gasteiger partial charge in [-0.1, -0.05) is 410 Å². The zero-order chi connectivity index (χ0) is 88.5. The summed E-state index contributed by atoms with van der Waals surface area (Å²) in [5.74, 6) is 0. The van der Waals surface area contributed by atoms with Crippen molar-refractivity contribution in [3.8, 4) is 145 Å². The van der Waals surface area contributed by atoms with Crippen molar-refractivity contribution in [2.45, 2.75) is 23.7 Å². The predicted octanol–water partition coefficient (Wildman–Crippen LogP) is 35.5. The van der Waals surface area contributed by atoms with E-state index in [1.807, 2.05) is 0 Å². The Kier molecular flexibility index (Phi) is 19.0. The van der Waals surface area contributed by atoms with Crippen molar-refractivity contribution in [1.29, 1.82) is 0 Å². The maximum Gasteiger partial charge on any atom is 0.0732 e. The third-order valence-electron chi connectivity index (χ3n) is 29.3. The van der Waals surface area contributed by atoms with Crippen LogP contribution in [0.2, 0.25) is 0 Å². The molecule has 0 amide bonds. The minimum Gasteiger partial charge on any atom is -0.381 e. The van der Waals surface area contributed by atoms with Gasteiger partial charge in [0.15, 0.2) is 0 Å². The number of ether oxygens (including phenoxy) is 1. The van der Waals surface area contributed by atoms with Crippen LogP contribution in [0.5, 0.6) is 0 Å². The summed E-state index contributed by atoms with van der Waals surface area (Å²) < 4.78 is 6.04. The van der Waals surface area contributed by atoms with Crippen molar-refractivity contribution in [2.75, 3.05) is 13.2 Å². The minimum atomic E-state index is -0.618. The van der Waals surface area contributed by atoms with Crippen molar-refractivity contribution in [2.24, 2.45) is 0 Å². The van der Waals surface area contributed by atoms with E-state index in [0.717, 1.165) is 17.7 Å². The first kappa shape index (κ1) is 79.0. The Balaban J connectivity index is 0.000000137. The van der Waals surface area contributed by atoms with Gasteiger partial charge in [-0.3, -0.25) is 0 Å². The van der Waals surface area contributed by atoms with E-state index in [-0.39, 0.29) is 0 Å². The molecule has 2 atom stereocenters. The van der Waals surface area contributed by atoms with Crippen LogP contribution in [-0.2, 0) is 15.6 Å². The lowest BCUT2D eigenvalue weighted by Gasteiger charge is -2.32. The van der Waals surface area contributed by atoms with Gasteiger partial charge in [0.2, 0.25) is 0 Å². The third kappa shape index (κ3) is 12.5. The van der Waals surface area contributed by atoms with Crippen molar-refractivity contribution >= 4 is 80.6 Å². The normalized spacial score (nSPS) is 14.8. The molecule has 1 aliphatic heterocycles. The third-order valence-corrected chi connectivity index (χ3v) is 29.8. The molecule has 2 unspecified atom stereocenters. The molecule has 28 rings (SSSR count). The first-order valence-corrected chi connectivity index (χ1v) is 47.7. The molecule has 134 heavy (non-hydrogen) atoms. The molecule has 0 bridgehead atoms. The van der Waals surface area contributed by atoms with Crippen LogP contribution in [0.3, 0.4) is 0 Å². The lowest BCUT2D eigenvalue weighted by atomic mass is 9.68. The summed E-state index contributed by atoms with van der Waals surface area (Å²) in [7, 11) is 0. The Hall–Kier alpha value is -15.9. The van der Waals surface area contributed by atoms with Gasteiger partial charge in [0.25, 0.3) is 0 Å². The molecule has 4 aliphatic carbocycles. The van der Waals surface area contributed by atoms with E-state index < -0.39 is 10.8 Å². The fraction of sp³-hybridized carbons (Fsp3) is 0.0455. The summed E-state index contributed by atoms with van der Waals surface area (Å²) in [5, 5.41) is 15.4. The van der Waals surface area contributed by atoms with E-state index in [1.54, 1.807) is 0 Å². The Morgan fingerprint density at radius 1 is 0.164 bits per heavy atom. The highest BCUT2D eigenvalue weighted by Gasteiger charge is 2.55. The Bertz CT molecular complexity index is 8510. The second-order valence-electron chi connectivity index (χ2n) is 36.4. The summed E-state index contributed by atoms with van der Waals surface area (Å²) in [5.41, 5.74) is 42.0. The van der Waals surface area contributed by atoms with Gasteiger partial charge in [-0.25, -0.2) is 0 Å². The predicted molar refractivity (Wildman–Crippen MR) is 567 cm³/mol. The van der Waals surface area contributed by atoms with Crippen LogP contribution >= 0.6 is 15.9 Å². The maximum atomic E-state index is 4.94. The van der Waals surface area contributed by atoms with Crippen LogP contribution < -0.4 is 0 Å². The highest BCUT2D eigenvalue weighted by atomic mass is 79.9. The van der Waals surface area contributed by atoms with Gasteiger partial charge >= 0.3 is 0 Å².